The predicted octanol–water partition coefficient (Wildman–Crippen LogP) is 2.84. The van der Waals surface area contributed by atoms with Gasteiger partial charge in [-0.05, 0) is 31.1 Å². The number of carboxylic acids is 1. The van der Waals surface area contributed by atoms with E-state index in [9.17, 15) is 14.0 Å². The van der Waals surface area contributed by atoms with Crippen LogP contribution in [0.5, 0.6) is 0 Å². The van der Waals surface area contributed by atoms with Gasteiger partial charge in [0.15, 0.2) is 0 Å². The van der Waals surface area contributed by atoms with Crippen LogP contribution in [0.2, 0.25) is 0 Å². The fraction of sp³-hybridized carbons (Fsp3) is 0.333. The smallest absolute Gasteiger partial charge is 0.328 e. The van der Waals surface area contributed by atoms with E-state index in [-0.39, 0.29) is 23.1 Å². The second-order valence-corrected chi connectivity index (χ2v) is 4.39. The Kier molecular flexibility index (Phi) is 5.90. The van der Waals surface area contributed by atoms with Gasteiger partial charge in [-0.3, -0.25) is 4.79 Å². The lowest BCUT2D eigenvalue weighted by atomic mass is 10.1. The first-order chi connectivity index (χ1) is 9.47. The van der Waals surface area contributed by atoms with Crippen molar-refractivity contribution in [3.8, 4) is 0 Å². The fourth-order valence-electron chi connectivity index (χ4n) is 1.73. The van der Waals surface area contributed by atoms with Gasteiger partial charge < -0.3 is 10.4 Å². The quantitative estimate of drug-likeness (QED) is 0.787. The van der Waals surface area contributed by atoms with Crippen molar-refractivity contribution in [2.75, 3.05) is 0 Å². The molecule has 0 saturated heterocycles. The van der Waals surface area contributed by atoms with Gasteiger partial charge in [0.25, 0.3) is 5.91 Å². The summed E-state index contributed by atoms with van der Waals surface area (Å²) in [5, 5.41) is 11.3. The summed E-state index contributed by atoms with van der Waals surface area (Å²) < 4.78 is 13.7. The highest BCUT2D eigenvalue weighted by atomic mass is 19.1. The number of carbonyl (C=O) groups is 2. The molecule has 0 spiro atoms. The standard InChI is InChI=1S/C15H18FNO3/c1-3-12(4-2)17-15(20)11-6-5-10(13(16)9-11)7-8-14(18)19/h5-9,12H,3-4H2,1-2H3,(H,17,20)(H,18,19). The molecule has 0 aliphatic heterocycles. The molecule has 0 bridgehead atoms. The summed E-state index contributed by atoms with van der Waals surface area (Å²) in [7, 11) is 0. The summed E-state index contributed by atoms with van der Waals surface area (Å²) in [5.74, 6) is -2.11. The van der Waals surface area contributed by atoms with Crippen molar-refractivity contribution < 1.29 is 19.1 Å². The highest BCUT2D eigenvalue weighted by Gasteiger charge is 2.12. The van der Waals surface area contributed by atoms with E-state index in [4.69, 9.17) is 5.11 Å². The molecule has 108 valence electrons. The number of aliphatic carboxylic acids is 1. The molecule has 0 aromatic heterocycles. The Balaban J connectivity index is 2.86. The zero-order valence-corrected chi connectivity index (χ0v) is 11.5. The Morgan fingerprint density at radius 1 is 1.35 bits per heavy atom. The van der Waals surface area contributed by atoms with E-state index in [2.05, 4.69) is 5.32 Å². The molecule has 4 nitrogen and oxygen atoms in total. The molecule has 1 aromatic carbocycles. The summed E-state index contributed by atoms with van der Waals surface area (Å²) in [6, 6.07) is 4.04. The van der Waals surface area contributed by atoms with Crippen molar-refractivity contribution in [3.63, 3.8) is 0 Å². The van der Waals surface area contributed by atoms with Crippen LogP contribution >= 0.6 is 0 Å². The summed E-state index contributed by atoms with van der Waals surface area (Å²) in [5.41, 5.74) is 0.355. The lowest BCUT2D eigenvalue weighted by Crippen LogP contribution is -2.33. The monoisotopic (exact) mass is 279 g/mol. The minimum Gasteiger partial charge on any atom is -0.478 e. The van der Waals surface area contributed by atoms with Gasteiger partial charge in [-0.15, -0.1) is 0 Å². The molecule has 1 aromatic rings. The molecule has 1 amide bonds. The van der Waals surface area contributed by atoms with Crippen LogP contribution in [-0.4, -0.2) is 23.0 Å². The third-order valence-electron chi connectivity index (χ3n) is 2.99. The molecule has 0 radical (unpaired) electrons. The molecule has 0 atom stereocenters. The number of carboxylic acid groups (broad SMARTS) is 1. The Morgan fingerprint density at radius 3 is 2.50 bits per heavy atom. The van der Waals surface area contributed by atoms with Crippen molar-refractivity contribution in [1.82, 2.24) is 5.32 Å². The highest BCUT2D eigenvalue weighted by molar-refractivity contribution is 5.94. The van der Waals surface area contributed by atoms with Gasteiger partial charge in [0.2, 0.25) is 0 Å². The number of nitrogens with one attached hydrogen (secondary N) is 1. The van der Waals surface area contributed by atoms with E-state index >= 15 is 0 Å². The lowest BCUT2D eigenvalue weighted by Gasteiger charge is -2.14. The van der Waals surface area contributed by atoms with Crippen LogP contribution in [0, 0.1) is 5.82 Å². The second kappa shape index (κ2) is 7.43. The topological polar surface area (TPSA) is 66.4 Å². The zero-order valence-electron chi connectivity index (χ0n) is 11.5. The lowest BCUT2D eigenvalue weighted by molar-refractivity contribution is -0.131. The molecule has 2 N–H and O–H groups in total. The number of carbonyl (C=O) groups excluding carboxylic acids is 1. The van der Waals surface area contributed by atoms with Gasteiger partial charge in [-0.1, -0.05) is 19.9 Å². The average molecular weight is 279 g/mol. The molecule has 0 saturated carbocycles. The van der Waals surface area contributed by atoms with E-state index in [1.165, 1.54) is 12.1 Å². The maximum Gasteiger partial charge on any atom is 0.328 e. The van der Waals surface area contributed by atoms with Crippen LogP contribution in [0.15, 0.2) is 24.3 Å². The summed E-state index contributed by atoms with van der Waals surface area (Å²) >= 11 is 0. The number of hydrogen-bond acceptors (Lipinski definition) is 2. The van der Waals surface area contributed by atoms with Crippen LogP contribution in [0.1, 0.15) is 42.6 Å². The SMILES string of the molecule is CCC(CC)NC(=O)c1ccc(C=CC(=O)O)c(F)c1. The molecule has 0 heterocycles. The van der Waals surface area contributed by atoms with E-state index in [0.29, 0.717) is 0 Å². The zero-order chi connectivity index (χ0) is 15.1. The first kappa shape index (κ1) is 15.9. The minimum absolute atomic E-state index is 0.0668. The van der Waals surface area contributed by atoms with Crippen LogP contribution in [0.3, 0.4) is 0 Å². The number of rotatable bonds is 6. The molecule has 0 aliphatic carbocycles. The largest absolute Gasteiger partial charge is 0.478 e. The van der Waals surface area contributed by atoms with Gasteiger partial charge in [0.1, 0.15) is 5.82 Å². The van der Waals surface area contributed by atoms with E-state index in [1.54, 1.807) is 0 Å². The van der Waals surface area contributed by atoms with Crippen molar-refractivity contribution in [2.45, 2.75) is 32.7 Å². The Bertz CT molecular complexity index is 522. The average Bonchev–Trinajstić information content (AvgIpc) is 2.42. The summed E-state index contributed by atoms with van der Waals surface area (Å²) in [6.45, 7) is 3.93. The molecule has 1 rings (SSSR count). The van der Waals surface area contributed by atoms with E-state index in [1.807, 2.05) is 13.8 Å². The Morgan fingerprint density at radius 2 is 2.00 bits per heavy atom. The molecule has 0 fully saturated rings. The molecule has 5 heteroatoms. The maximum atomic E-state index is 13.7. The van der Waals surface area contributed by atoms with Gasteiger partial charge in [-0.2, -0.15) is 0 Å². The minimum atomic E-state index is -1.15. The van der Waals surface area contributed by atoms with Crippen molar-refractivity contribution in [3.05, 3.63) is 41.2 Å². The molecular weight excluding hydrogens is 261 g/mol. The highest BCUT2D eigenvalue weighted by Crippen LogP contribution is 2.13. The van der Waals surface area contributed by atoms with Gasteiger partial charge in [0.05, 0.1) is 0 Å². The van der Waals surface area contributed by atoms with E-state index in [0.717, 1.165) is 31.1 Å². The number of benzene rings is 1. The van der Waals surface area contributed by atoms with Crippen LogP contribution < -0.4 is 5.32 Å². The Labute approximate surface area is 117 Å². The van der Waals surface area contributed by atoms with Crippen molar-refractivity contribution in [2.24, 2.45) is 0 Å². The van der Waals surface area contributed by atoms with Gasteiger partial charge in [-0.25, -0.2) is 9.18 Å². The maximum absolute atomic E-state index is 13.7. The number of halogens is 1. The van der Waals surface area contributed by atoms with Gasteiger partial charge >= 0.3 is 5.97 Å². The van der Waals surface area contributed by atoms with Crippen LogP contribution in [-0.2, 0) is 4.79 Å². The van der Waals surface area contributed by atoms with Crippen LogP contribution in [0.25, 0.3) is 6.08 Å². The molecule has 20 heavy (non-hydrogen) atoms. The Hall–Kier alpha value is -2.17. The fourth-order valence-corrected chi connectivity index (χ4v) is 1.73. The van der Waals surface area contributed by atoms with Crippen molar-refractivity contribution >= 4 is 18.0 Å². The van der Waals surface area contributed by atoms with Crippen molar-refractivity contribution in [1.29, 1.82) is 0 Å². The summed E-state index contributed by atoms with van der Waals surface area (Å²) in [4.78, 5) is 22.3. The molecular formula is C15H18FNO3. The normalized spacial score (nSPS) is 11.0. The van der Waals surface area contributed by atoms with E-state index < -0.39 is 11.8 Å². The predicted molar refractivity (Wildman–Crippen MR) is 74.9 cm³/mol. The van der Waals surface area contributed by atoms with Crippen LogP contribution in [0.4, 0.5) is 4.39 Å². The number of hydrogen-bond donors (Lipinski definition) is 2. The van der Waals surface area contributed by atoms with Gasteiger partial charge in [0, 0.05) is 23.2 Å². The third kappa shape index (κ3) is 4.50. The number of amides is 1. The summed E-state index contributed by atoms with van der Waals surface area (Å²) in [6.07, 6.45) is 3.62. The molecule has 0 aliphatic rings. The second-order valence-electron chi connectivity index (χ2n) is 4.39. The first-order valence-electron chi connectivity index (χ1n) is 6.49. The third-order valence-corrected chi connectivity index (χ3v) is 2.99. The molecule has 0 unspecified atom stereocenters. The first-order valence-corrected chi connectivity index (χ1v) is 6.49.